The number of carboxylic acid groups (broad SMARTS) is 1. The van der Waals surface area contributed by atoms with Crippen LogP contribution in [0, 0.1) is 0 Å². The van der Waals surface area contributed by atoms with Gasteiger partial charge in [-0.2, -0.15) is 0 Å². The second-order valence-electron chi connectivity index (χ2n) is 4.53. The van der Waals surface area contributed by atoms with Crippen molar-refractivity contribution < 1.29 is 18.3 Å². The van der Waals surface area contributed by atoms with Crippen molar-refractivity contribution in [2.24, 2.45) is 0 Å². The Kier molecular flexibility index (Phi) is 3.54. The molecule has 2 aromatic rings. The maximum absolute atomic E-state index is 12.7. The summed E-state index contributed by atoms with van der Waals surface area (Å²) < 4.78 is 27.5. The second kappa shape index (κ2) is 5.11. The Labute approximate surface area is 134 Å². The van der Waals surface area contributed by atoms with Gasteiger partial charge in [-0.25, -0.2) is 13.2 Å². The Hall–Kier alpha value is -1.38. The number of hydrogen-bond acceptors (Lipinski definition) is 4. The molecule has 0 fully saturated rings. The molecular formula is C13H10BrNO4S2. The summed E-state index contributed by atoms with van der Waals surface area (Å²) >= 11 is 4.37. The molecule has 0 bridgehead atoms. The maximum Gasteiger partial charge on any atom is 0.335 e. The van der Waals surface area contributed by atoms with E-state index in [4.69, 9.17) is 5.11 Å². The third-order valence-corrected chi connectivity index (χ3v) is 7.75. The molecule has 0 aliphatic carbocycles. The first-order chi connectivity index (χ1) is 9.91. The van der Waals surface area contributed by atoms with E-state index in [0.29, 0.717) is 23.1 Å². The van der Waals surface area contributed by atoms with Crippen molar-refractivity contribution in [3.63, 3.8) is 0 Å². The molecule has 0 unspecified atom stereocenters. The van der Waals surface area contributed by atoms with E-state index in [2.05, 4.69) is 15.9 Å². The number of anilines is 1. The summed E-state index contributed by atoms with van der Waals surface area (Å²) in [6.45, 7) is 0.324. The van der Waals surface area contributed by atoms with Crippen LogP contribution in [0.1, 0.15) is 15.9 Å². The molecule has 1 aliphatic heterocycles. The summed E-state index contributed by atoms with van der Waals surface area (Å²) in [4.78, 5) is 11.1. The smallest absolute Gasteiger partial charge is 0.335 e. The highest BCUT2D eigenvalue weighted by Gasteiger charge is 2.33. The summed E-state index contributed by atoms with van der Waals surface area (Å²) in [5, 5.41) is 10.8. The number of halogens is 1. The van der Waals surface area contributed by atoms with Crippen LogP contribution >= 0.6 is 27.3 Å². The first-order valence-corrected chi connectivity index (χ1v) is 9.14. The van der Waals surface area contributed by atoms with Crippen LogP contribution < -0.4 is 4.31 Å². The molecule has 0 atom stereocenters. The van der Waals surface area contributed by atoms with Crippen LogP contribution in [-0.4, -0.2) is 26.0 Å². The predicted octanol–water partition coefficient (Wildman–Crippen LogP) is 2.96. The van der Waals surface area contributed by atoms with Crippen molar-refractivity contribution in [2.45, 2.75) is 10.6 Å². The van der Waals surface area contributed by atoms with Crippen LogP contribution in [-0.2, 0) is 16.4 Å². The van der Waals surface area contributed by atoms with Gasteiger partial charge in [-0.15, -0.1) is 11.3 Å². The molecule has 1 aromatic heterocycles. The molecule has 5 nitrogen and oxygen atoms in total. The van der Waals surface area contributed by atoms with Crippen LogP contribution in [0.25, 0.3) is 0 Å². The van der Waals surface area contributed by atoms with Gasteiger partial charge >= 0.3 is 5.97 Å². The molecule has 21 heavy (non-hydrogen) atoms. The Balaban J connectivity index is 2.10. The number of hydrogen-bond donors (Lipinski definition) is 1. The zero-order valence-electron chi connectivity index (χ0n) is 10.6. The van der Waals surface area contributed by atoms with E-state index in [-0.39, 0.29) is 9.77 Å². The van der Waals surface area contributed by atoms with Crippen LogP contribution in [0.4, 0.5) is 5.69 Å². The molecule has 110 valence electrons. The summed E-state index contributed by atoms with van der Waals surface area (Å²) in [5.74, 6) is -1.07. The number of nitrogens with zero attached hydrogens (tertiary/aromatic N) is 1. The number of thiophene rings is 1. The fourth-order valence-corrected chi connectivity index (χ4v) is 6.20. The molecule has 0 radical (unpaired) electrons. The molecule has 1 aromatic carbocycles. The number of aromatic carboxylic acids is 1. The molecule has 0 saturated heterocycles. The van der Waals surface area contributed by atoms with Crippen molar-refractivity contribution in [3.05, 3.63) is 45.2 Å². The van der Waals surface area contributed by atoms with E-state index < -0.39 is 16.0 Å². The van der Waals surface area contributed by atoms with Crippen LogP contribution in [0.5, 0.6) is 0 Å². The molecular weight excluding hydrogens is 378 g/mol. The van der Waals surface area contributed by atoms with Gasteiger partial charge in [0.05, 0.1) is 11.3 Å². The van der Waals surface area contributed by atoms with Gasteiger partial charge in [0.25, 0.3) is 10.0 Å². The standard InChI is InChI=1S/C13H10BrNO4S2/c14-10-4-6-20-13(10)21(18,19)15-5-3-8-1-2-9(12(16)17)7-11(8)15/h1-2,4,6-7H,3,5H2,(H,16,17). The minimum absolute atomic E-state index is 0.0843. The third-order valence-electron chi connectivity index (χ3n) is 3.29. The van der Waals surface area contributed by atoms with Crippen LogP contribution in [0.2, 0.25) is 0 Å². The average Bonchev–Trinajstić information content (AvgIpc) is 3.03. The normalized spacial score (nSPS) is 14.2. The second-order valence-corrected chi connectivity index (χ2v) is 8.36. The monoisotopic (exact) mass is 387 g/mol. The molecule has 8 heteroatoms. The lowest BCUT2D eigenvalue weighted by Crippen LogP contribution is -2.28. The first kappa shape index (κ1) is 14.6. The number of rotatable bonds is 3. The summed E-state index contributed by atoms with van der Waals surface area (Å²) in [5.41, 5.74) is 1.38. The lowest BCUT2D eigenvalue weighted by molar-refractivity contribution is 0.0697. The van der Waals surface area contributed by atoms with Crippen molar-refractivity contribution in [3.8, 4) is 0 Å². The van der Waals surface area contributed by atoms with Crippen molar-refractivity contribution >= 4 is 48.9 Å². The van der Waals surface area contributed by atoms with Gasteiger partial charge in [0, 0.05) is 11.0 Å². The van der Waals surface area contributed by atoms with Gasteiger partial charge < -0.3 is 5.11 Å². The molecule has 2 heterocycles. The zero-order valence-corrected chi connectivity index (χ0v) is 13.8. The molecule has 1 N–H and O–H groups in total. The van der Waals surface area contributed by atoms with E-state index in [1.807, 2.05) is 0 Å². The first-order valence-electron chi connectivity index (χ1n) is 6.03. The SMILES string of the molecule is O=C(O)c1ccc2c(c1)N(S(=O)(=O)c1sccc1Br)CC2. The van der Waals surface area contributed by atoms with E-state index in [9.17, 15) is 13.2 Å². The summed E-state index contributed by atoms with van der Waals surface area (Å²) in [6, 6.07) is 6.28. The number of sulfonamides is 1. The molecule has 0 spiro atoms. The molecule has 0 saturated carbocycles. The largest absolute Gasteiger partial charge is 0.478 e. The lowest BCUT2D eigenvalue weighted by atomic mass is 10.1. The Morgan fingerprint density at radius 2 is 2.10 bits per heavy atom. The zero-order chi connectivity index (χ0) is 15.2. The number of benzene rings is 1. The van der Waals surface area contributed by atoms with Gasteiger partial charge in [-0.1, -0.05) is 6.07 Å². The quantitative estimate of drug-likeness (QED) is 0.878. The summed E-state index contributed by atoms with van der Waals surface area (Å²) in [6.07, 6.45) is 0.581. The van der Waals surface area contributed by atoms with Gasteiger partial charge in [0.15, 0.2) is 4.21 Å². The molecule has 0 amide bonds. The third kappa shape index (κ3) is 2.37. The van der Waals surface area contributed by atoms with E-state index in [0.717, 1.165) is 16.9 Å². The predicted molar refractivity (Wildman–Crippen MR) is 83.7 cm³/mol. The fraction of sp³-hybridized carbons (Fsp3) is 0.154. The number of carboxylic acids is 1. The molecule has 3 rings (SSSR count). The highest BCUT2D eigenvalue weighted by Crippen LogP contribution is 2.37. The molecule has 1 aliphatic rings. The van der Waals surface area contributed by atoms with Crippen molar-refractivity contribution in [1.29, 1.82) is 0 Å². The van der Waals surface area contributed by atoms with Gasteiger partial charge in [0.2, 0.25) is 0 Å². The highest BCUT2D eigenvalue weighted by atomic mass is 79.9. The fourth-order valence-electron chi connectivity index (χ4n) is 2.30. The minimum atomic E-state index is -3.67. The Morgan fingerprint density at radius 1 is 1.33 bits per heavy atom. The van der Waals surface area contributed by atoms with Gasteiger partial charge in [0.1, 0.15) is 0 Å². The Morgan fingerprint density at radius 3 is 2.71 bits per heavy atom. The number of carbonyl (C=O) groups is 1. The minimum Gasteiger partial charge on any atom is -0.478 e. The van der Waals surface area contributed by atoms with E-state index in [1.165, 1.54) is 16.4 Å². The highest BCUT2D eigenvalue weighted by molar-refractivity contribution is 9.10. The van der Waals surface area contributed by atoms with E-state index in [1.54, 1.807) is 17.5 Å². The van der Waals surface area contributed by atoms with Crippen LogP contribution in [0.15, 0.2) is 38.3 Å². The summed E-state index contributed by atoms with van der Waals surface area (Å²) in [7, 11) is -3.67. The van der Waals surface area contributed by atoms with Crippen molar-refractivity contribution in [2.75, 3.05) is 10.8 Å². The van der Waals surface area contributed by atoms with E-state index >= 15 is 0 Å². The Bertz CT molecular complexity index is 828. The average molecular weight is 388 g/mol. The number of fused-ring (bicyclic) bond motifs is 1. The lowest BCUT2D eigenvalue weighted by Gasteiger charge is -2.19. The van der Waals surface area contributed by atoms with Gasteiger partial charge in [-0.3, -0.25) is 4.31 Å². The van der Waals surface area contributed by atoms with Crippen LogP contribution in [0.3, 0.4) is 0 Å². The maximum atomic E-state index is 12.7. The van der Waals surface area contributed by atoms with Gasteiger partial charge in [-0.05, 0) is 51.5 Å². The topological polar surface area (TPSA) is 74.7 Å². The van der Waals surface area contributed by atoms with Crippen molar-refractivity contribution in [1.82, 2.24) is 0 Å².